The summed E-state index contributed by atoms with van der Waals surface area (Å²) in [6.45, 7) is 0.657. The van der Waals surface area contributed by atoms with E-state index in [-0.39, 0.29) is 11.8 Å². The molecule has 3 aromatic carbocycles. The lowest BCUT2D eigenvalue weighted by Crippen LogP contribution is -2.49. The Kier molecular flexibility index (Phi) is 5.97. The molecule has 6 nitrogen and oxygen atoms in total. The molecule has 3 aromatic rings. The van der Waals surface area contributed by atoms with Crippen molar-refractivity contribution in [3.63, 3.8) is 0 Å². The van der Waals surface area contributed by atoms with E-state index in [0.717, 1.165) is 23.4 Å². The average Bonchev–Trinajstić information content (AvgIpc) is 3.32. The zero-order valence-electron chi connectivity index (χ0n) is 19.4. The third-order valence-corrected chi connectivity index (χ3v) is 6.88. The molecule has 174 valence electrons. The molecule has 2 heterocycles. The normalized spacial score (nSPS) is 19.6. The van der Waals surface area contributed by atoms with Crippen molar-refractivity contribution in [3.8, 4) is 11.5 Å². The van der Waals surface area contributed by atoms with Gasteiger partial charge in [0.15, 0.2) is 0 Å². The van der Waals surface area contributed by atoms with Crippen molar-refractivity contribution < 1.29 is 19.1 Å². The third kappa shape index (κ3) is 3.79. The largest absolute Gasteiger partial charge is 0.497 e. The van der Waals surface area contributed by atoms with Crippen molar-refractivity contribution in [1.82, 2.24) is 0 Å². The summed E-state index contributed by atoms with van der Waals surface area (Å²) in [7, 11) is 3.23. The van der Waals surface area contributed by atoms with Gasteiger partial charge in [-0.1, -0.05) is 36.4 Å². The van der Waals surface area contributed by atoms with Gasteiger partial charge in [-0.25, -0.2) is 0 Å². The van der Waals surface area contributed by atoms with Gasteiger partial charge in [-0.3, -0.25) is 9.59 Å². The van der Waals surface area contributed by atoms with Gasteiger partial charge in [0.05, 0.1) is 26.2 Å². The molecular formula is C28H28N2O4. The first kappa shape index (κ1) is 22.0. The van der Waals surface area contributed by atoms with Crippen molar-refractivity contribution in [2.75, 3.05) is 30.6 Å². The van der Waals surface area contributed by atoms with Crippen LogP contribution in [-0.4, -0.2) is 32.6 Å². The van der Waals surface area contributed by atoms with Gasteiger partial charge in [-0.15, -0.1) is 0 Å². The second kappa shape index (κ2) is 9.21. The Morgan fingerprint density at radius 1 is 0.882 bits per heavy atom. The van der Waals surface area contributed by atoms with Gasteiger partial charge in [0.1, 0.15) is 11.5 Å². The number of amides is 2. The van der Waals surface area contributed by atoms with Crippen molar-refractivity contribution >= 4 is 23.2 Å². The van der Waals surface area contributed by atoms with Gasteiger partial charge < -0.3 is 19.3 Å². The summed E-state index contributed by atoms with van der Waals surface area (Å²) in [6.07, 6.45) is 1.64. The summed E-state index contributed by atoms with van der Waals surface area (Å²) in [5, 5.41) is 0. The number of nitrogens with zero attached hydrogens (tertiary/aromatic N) is 2. The molecule has 0 aromatic heterocycles. The Balaban J connectivity index is 1.60. The molecule has 6 heteroatoms. The summed E-state index contributed by atoms with van der Waals surface area (Å²) in [5.74, 6) is 1.02. The molecule has 0 N–H and O–H groups in total. The number of rotatable bonds is 5. The van der Waals surface area contributed by atoms with Crippen LogP contribution in [0.4, 0.5) is 11.4 Å². The Hall–Kier alpha value is -3.80. The predicted molar refractivity (Wildman–Crippen MR) is 131 cm³/mol. The quantitative estimate of drug-likeness (QED) is 0.555. The fourth-order valence-electron chi connectivity index (χ4n) is 5.23. The maximum absolute atomic E-state index is 14.1. The third-order valence-electron chi connectivity index (χ3n) is 6.88. The SMILES string of the molecule is COc1ccc(N2C(=O)CCC(C(=O)N3CCc4ccccc43)C2c2ccccc2OC)cc1. The van der Waals surface area contributed by atoms with Gasteiger partial charge >= 0.3 is 0 Å². The Morgan fingerprint density at radius 2 is 1.62 bits per heavy atom. The Morgan fingerprint density at radius 3 is 2.38 bits per heavy atom. The smallest absolute Gasteiger partial charge is 0.232 e. The van der Waals surface area contributed by atoms with Gasteiger partial charge in [0, 0.05) is 29.9 Å². The van der Waals surface area contributed by atoms with E-state index in [1.807, 2.05) is 71.6 Å². The molecule has 2 aliphatic rings. The standard InChI is InChI=1S/C28H28N2O4/c1-33-21-13-11-20(12-14-21)30-26(31)16-15-23(27(30)22-8-4-6-10-25(22)34-2)28(32)29-18-17-19-7-3-5-9-24(19)29/h3-14,23,27H,15-18H2,1-2H3. The van der Waals surface area contributed by atoms with Crippen LogP contribution < -0.4 is 19.3 Å². The molecule has 34 heavy (non-hydrogen) atoms. The van der Waals surface area contributed by atoms with E-state index >= 15 is 0 Å². The average molecular weight is 457 g/mol. The summed E-state index contributed by atoms with van der Waals surface area (Å²) >= 11 is 0. The van der Waals surface area contributed by atoms with Crippen LogP contribution in [0.25, 0.3) is 0 Å². The summed E-state index contributed by atoms with van der Waals surface area (Å²) in [5.41, 5.74) is 3.73. The highest BCUT2D eigenvalue weighted by molar-refractivity contribution is 6.02. The Bertz CT molecular complexity index is 1210. The first-order chi connectivity index (χ1) is 16.6. The van der Waals surface area contributed by atoms with Crippen molar-refractivity contribution in [2.45, 2.75) is 25.3 Å². The lowest BCUT2D eigenvalue weighted by molar-refractivity contribution is -0.127. The molecular weight excluding hydrogens is 428 g/mol. The lowest BCUT2D eigenvalue weighted by atomic mass is 9.82. The van der Waals surface area contributed by atoms with Crippen LogP contribution in [-0.2, 0) is 16.0 Å². The number of anilines is 2. The topological polar surface area (TPSA) is 59.1 Å². The van der Waals surface area contributed by atoms with Crippen molar-refractivity contribution in [3.05, 3.63) is 83.9 Å². The highest BCUT2D eigenvalue weighted by Gasteiger charge is 2.45. The van der Waals surface area contributed by atoms with E-state index < -0.39 is 12.0 Å². The minimum atomic E-state index is -0.481. The number of fused-ring (bicyclic) bond motifs is 1. The number of piperidine rings is 1. The van der Waals surface area contributed by atoms with E-state index in [2.05, 4.69) is 6.07 Å². The van der Waals surface area contributed by atoms with Crippen LogP contribution in [0, 0.1) is 5.92 Å². The van der Waals surface area contributed by atoms with Gasteiger partial charge in [0.2, 0.25) is 11.8 Å². The van der Waals surface area contributed by atoms with Gasteiger partial charge in [-0.2, -0.15) is 0 Å². The molecule has 5 rings (SSSR count). The summed E-state index contributed by atoms with van der Waals surface area (Å²) in [4.78, 5) is 31.1. The van der Waals surface area contributed by atoms with E-state index in [0.29, 0.717) is 30.9 Å². The minimum Gasteiger partial charge on any atom is -0.497 e. The minimum absolute atomic E-state index is 0.00746. The maximum atomic E-state index is 14.1. The van der Waals surface area contributed by atoms with Crippen LogP contribution in [0.3, 0.4) is 0 Å². The molecule has 1 saturated heterocycles. The van der Waals surface area contributed by atoms with Crippen LogP contribution in [0.5, 0.6) is 11.5 Å². The second-order valence-corrected chi connectivity index (χ2v) is 8.66. The molecule has 0 radical (unpaired) electrons. The number of carbonyl (C=O) groups excluding carboxylic acids is 2. The Labute approximate surface area is 199 Å². The first-order valence-corrected chi connectivity index (χ1v) is 11.6. The monoisotopic (exact) mass is 456 g/mol. The summed E-state index contributed by atoms with van der Waals surface area (Å²) in [6, 6.07) is 22.7. The molecule has 2 aliphatic heterocycles. The number of carbonyl (C=O) groups is 2. The molecule has 2 amide bonds. The fourth-order valence-corrected chi connectivity index (χ4v) is 5.23. The van der Waals surface area contributed by atoms with E-state index in [4.69, 9.17) is 9.47 Å². The lowest BCUT2D eigenvalue weighted by Gasteiger charge is -2.42. The van der Waals surface area contributed by atoms with Crippen LogP contribution in [0.15, 0.2) is 72.8 Å². The second-order valence-electron chi connectivity index (χ2n) is 8.66. The zero-order chi connectivity index (χ0) is 23.7. The van der Waals surface area contributed by atoms with Crippen LogP contribution in [0.2, 0.25) is 0 Å². The van der Waals surface area contributed by atoms with Gasteiger partial charge in [0.25, 0.3) is 0 Å². The maximum Gasteiger partial charge on any atom is 0.232 e. The van der Waals surface area contributed by atoms with Gasteiger partial charge in [-0.05, 0) is 54.8 Å². The van der Waals surface area contributed by atoms with Crippen LogP contribution in [0.1, 0.15) is 30.0 Å². The van der Waals surface area contributed by atoms with E-state index in [9.17, 15) is 9.59 Å². The molecule has 0 bridgehead atoms. The number of hydrogen-bond acceptors (Lipinski definition) is 4. The highest BCUT2D eigenvalue weighted by Crippen LogP contribution is 2.45. The summed E-state index contributed by atoms with van der Waals surface area (Å²) < 4.78 is 11.0. The zero-order valence-corrected chi connectivity index (χ0v) is 19.4. The van der Waals surface area contributed by atoms with Crippen molar-refractivity contribution in [2.24, 2.45) is 5.92 Å². The molecule has 0 spiro atoms. The molecule has 2 unspecified atom stereocenters. The highest BCUT2D eigenvalue weighted by atomic mass is 16.5. The predicted octanol–water partition coefficient (Wildman–Crippen LogP) is 4.78. The number of benzene rings is 3. The molecule has 0 saturated carbocycles. The number of ether oxygens (including phenoxy) is 2. The van der Waals surface area contributed by atoms with Crippen LogP contribution >= 0.6 is 0 Å². The molecule has 1 fully saturated rings. The number of para-hydroxylation sites is 2. The molecule has 0 aliphatic carbocycles. The molecule has 2 atom stereocenters. The van der Waals surface area contributed by atoms with Crippen molar-refractivity contribution in [1.29, 1.82) is 0 Å². The first-order valence-electron chi connectivity index (χ1n) is 11.6. The van der Waals surface area contributed by atoms with E-state index in [1.165, 1.54) is 5.56 Å². The fraction of sp³-hybridized carbons (Fsp3) is 0.286. The number of methoxy groups -OCH3 is 2. The van der Waals surface area contributed by atoms with E-state index in [1.54, 1.807) is 19.1 Å². The number of hydrogen-bond donors (Lipinski definition) is 0.